The van der Waals surface area contributed by atoms with E-state index in [9.17, 15) is 4.79 Å². The Kier molecular flexibility index (Phi) is 3.33. The highest BCUT2D eigenvalue weighted by Crippen LogP contribution is 2.21. The third kappa shape index (κ3) is 3.37. The van der Waals surface area contributed by atoms with Gasteiger partial charge >= 0.3 is 6.09 Å². The van der Waals surface area contributed by atoms with E-state index in [1.54, 1.807) is 6.07 Å². The van der Waals surface area contributed by atoms with Crippen molar-refractivity contribution in [2.75, 3.05) is 5.73 Å². The van der Waals surface area contributed by atoms with Crippen LogP contribution in [0.2, 0.25) is 0 Å². The number of carbonyl (C=O) groups is 1. The maximum Gasteiger partial charge on any atom is 0.407 e. The Labute approximate surface area is 110 Å². The summed E-state index contributed by atoms with van der Waals surface area (Å²) in [6.45, 7) is 5.80. The zero-order valence-corrected chi connectivity index (χ0v) is 11.2. The molecule has 2 aromatic rings. The number of nitrogens with zero attached hydrogens (tertiary/aromatic N) is 1. The molecule has 1 aromatic heterocycles. The molecule has 102 valence electrons. The average molecular weight is 263 g/mol. The van der Waals surface area contributed by atoms with Crippen LogP contribution < -0.4 is 11.1 Å². The standard InChI is InChI=1S/C13H17N3O3/c1-13(2,3)18-12(17)15-7-8-4-5-10-9(6-8)11(14)16-19-10/h4-6H,7H2,1-3H3,(H2,14,16)(H,15,17). The molecule has 1 aromatic carbocycles. The Hall–Kier alpha value is -2.24. The third-order valence-corrected chi connectivity index (χ3v) is 2.40. The molecule has 0 aliphatic rings. The minimum Gasteiger partial charge on any atom is -0.444 e. The second-order valence-corrected chi connectivity index (χ2v) is 5.25. The number of hydrogen-bond acceptors (Lipinski definition) is 5. The quantitative estimate of drug-likeness (QED) is 0.868. The van der Waals surface area contributed by atoms with Gasteiger partial charge in [0.05, 0.1) is 5.39 Å². The molecule has 1 heterocycles. The molecule has 0 fully saturated rings. The maximum absolute atomic E-state index is 11.5. The first-order valence-electron chi connectivity index (χ1n) is 5.96. The van der Waals surface area contributed by atoms with Crippen molar-refractivity contribution in [2.24, 2.45) is 0 Å². The molecule has 0 bridgehead atoms. The number of ether oxygens (including phenoxy) is 1. The minimum absolute atomic E-state index is 0.342. The number of nitrogens with one attached hydrogen (secondary N) is 1. The normalized spacial score (nSPS) is 11.5. The van der Waals surface area contributed by atoms with Crippen LogP contribution in [0.25, 0.3) is 11.0 Å². The fourth-order valence-corrected chi connectivity index (χ4v) is 1.60. The minimum atomic E-state index is -0.507. The predicted octanol–water partition coefficient (Wildman–Crippen LogP) is 2.43. The van der Waals surface area contributed by atoms with Crippen molar-refractivity contribution in [3.8, 4) is 0 Å². The Balaban J connectivity index is 2.02. The molecule has 3 N–H and O–H groups in total. The molecule has 19 heavy (non-hydrogen) atoms. The topological polar surface area (TPSA) is 90.4 Å². The van der Waals surface area contributed by atoms with E-state index in [1.165, 1.54) is 0 Å². The predicted molar refractivity (Wildman–Crippen MR) is 71.5 cm³/mol. The third-order valence-electron chi connectivity index (χ3n) is 2.40. The van der Waals surface area contributed by atoms with E-state index < -0.39 is 11.7 Å². The molecule has 0 atom stereocenters. The lowest BCUT2D eigenvalue weighted by Gasteiger charge is -2.19. The molecule has 0 saturated heterocycles. The molecule has 0 aliphatic carbocycles. The molecule has 0 saturated carbocycles. The Morgan fingerprint density at radius 3 is 2.89 bits per heavy atom. The fraction of sp³-hybridized carbons (Fsp3) is 0.385. The van der Waals surface area contributed by atoms with Crippen molar-refractivity contribution >= 4 is 22.9 Å². The highest BCUT2D eigenvalue weighted by Gasteiger charge is 2.15. The number of carbonyl (C=O) groups excluding carboxylic acids is 1. The second kappa shape index (κ2) is 4.79. The number of amides is 1. The summed E-state index contributed by atoms with van der Waals surface area (Å²) in [5.41, 5.74) is 6.68. The van der Waals surface area contributed by atoms with Crippen molar-refractivity contribution in [3.63, 3.8) is 0 Å². The van der Waals surface area contributed by atoms with E-state index in [1.807, 2.05) is 32.9 Å². The summed E-state index contributed by atoms with van der Waals surface area (Å²) in [6, 6.07) is 5.44. The number of anilines is 1. The number of nitrogen functional groups attached to an aromatic ring is 1. The van der Waals surface area contributed by atoms with Crippen LogP contribution in [0, 0.1) is 0 Å². The van der Waals surface area contributed by atoms with E-state index in [0.717, 1.165) is 10.9 Å². The molecule has 2 rings (SSSR count). The maximum atomic E-state index is 11.5. The summed E-state index contributed by atoms with van der Waals surface area (Å²) in [6.07, 6.45) is -0.453. The number of hydrogen-bond donors (Lipinski definition) is 2. The number of nitrogens with two attached hydrogens (primary N) is 1. The summed E-state index contributed by atoms with van der Waals surface area (Å²) >= 11 is 0. The zero-order chi connectivity index (χ0) is 14.0. The summed E-state index contributed by atoms with van der Waals surface area (Å²) in [5.74, 6) is 0.342. The SMILES string of the molecule is CC(C)(C)OC(=O)NCc1ccc2onc(N)c2c1. The van der Waals surface area contributed by atoms with E-state index in [2.05, 4.69) is 10.5 Å². The van der Waals surface area contributed by atoms with Crippen LogP contribution in [0.3, 0.4) is 0 Å². The van der Waals surface area contributed by atoms with Crippen LogP contribution in [0.5, 0.6) is 0 Å². The Morgan fingerprint density at radius 2 is 2.21 bits per heavy atom. The van der Waals surface area contributed by atoms with Crippen LogP contribution >= 0.6 is 0 Å². The van der Waals surface area contributed by atoms with E-state index in [4.69, 9.17) is 15.0 Å². The van der Waals surface area contributed by atoms with Gasteiger partial charge in [0.1, 0.15) is 5.60 Å². The summed E-state index contributed by atoms with van der Waals surface area (Å²) in [5, 5.41) is 7.09. The van der Waals surface area contributed by atoms with Gasteiger partial charge in [-0.15, -0.1) is 0 Å². The lowest BCUT2D eigenvalue weighted by atomic mass is 10.1. The van der Waals surface area contributed by atoms with Gasteiger partial charge in [0.15, 0.2) is 11.4 Å². The van der Waals surface area contributed by atoms with Crippen LogP contribution in [0.1, 0.15) is 26.3 Å². The molecule has 0 spiro atoms. The smallest absolute Gasteiger partial charge is 0.407 e. The van der Waals surface area contributed by atoms with E-state index in [-0.39, 0.29) is 0 Å². The van der Waals surface area contributed by atoms with Crippen molar-refractivity contribution in [2.45, 2.75) is 32.9 Å². The molecule has 1 amide bonds. The Morgan fingerprint density at radius 1 is 1.47 bits per heavy atom. The average Bonchev–Trinajstić information content (AvgIpc) is 2.66. The highest BCUT2D eigenvalue weighted by molar-refractivity contribution is 5.87. The number of aromatic nitrogens is 1. The van der Waals surface area contributed by atoms with Crippen LogP contribution in [0.4, 0.5) is 10.6 Å². The van der Waals surface area contributed by atoms with Gasteiger partial charge in [0.2, 0.25) is 0 Å². The summed E-state index contributed by atoms with van der Waals surface area (Å²) in [4.78, 5) is 11.5. The molecular formula is C13H17N3O3. The summed E-state index contributed by atoms with van der Waals surface area (Å²) in [7, 11) is 0. The lowest BCUT2D eigenvalue weighted by molar-refractivity contribution is 0.0523. The molecule has 0 unspecified atom stereocenters. The van der Waals surface area contributed by atoms with Gasteiger partial charge in [0, 0.05) is 6.54 Å². The van der Waals surface area contributed by atoms with Gasteiger partial charge in [-0.2, -0.15) is 0 Å². The first-order chi connectivity index (χ1) is 8.85. The van der Waals surface area contributed by atoms with Crippen molar-refractivity contribution < 1.29 is 14.1 Å². The number of alkyl carbamates (subject to hydrolysis) is 1. The summed E-state index contributed by atoms with van der Waals surface area (Å²) < 4.78 is 10.2. The number of benzene rings is 1. The monoisotopic (exact) mass is 263 g/mol. The Bertz CT molecular complexity index is 599. The highest BCUT2D eigenvalue weighted by atomic mass is 16.6. The van der Waals surface area contributed by atoms with Crippen molar-refractivity contribution in [3.05, 3.63) is 23.8 Å². The fourth-order valence-electron chi connectivity index (χ4n) is 1.60. The molecule has 6 nitrogen and oxygen atoms in total. The van der Waals surface area contributed by atoms with Crippen LogP contribution in [-0.4, -0.2) is 16.9 Å². The van der Waals surface area contributed by atoms with Gasteiger partial charge in [-0.05, 0) is 38.5 Å². The molecule has 0 aliphatic heterocycles. The van der Waals surface area contributed by atoms with Gasteiger partial charge in [-0.3, -0.25) is 0 Å². The van der Waals surface area contributed by atoms with Gasteiger partial charge < -0.3 is 20.3 Å². The van der Waals surface area contributed by atoms with Gasteiger partial charge in [0.25, 0.3) is 0 Å². The largest absolute Gasteiger partial charge is 0.444 e. The first-order valence-corrected chi connectivity index (χ1v) is 5.96. The molecule has 6 heteroatoms. The first kappa shape index (κ1) is 13.2. The van der Waals surface area contributed by atoms with Gasteiger partial charge in [-0.25, -0.2) is 4.79 Å². The molecular weight excluding hydrogens is 246 g/mol. The van der Waals surface area contributed by atoms with Crippen LogP contribution in [-0.2, 0) is 11.3 Å². The van der Waals surface area contributed by atoms with Crippen LogP contribution in [0.15, 0.2) is 22.7 Å². The zero-order valence-electron chi connectivity index (χ0n) is 11.2. The number of fused-ring (bicyclic) bond motifs is 1. The van der Waals surface area contributed by atoms with Crippen molar-refractivity contribution in [1.29, 1.82) is 0 Å². The van der Waals surface area contributed by atoms with E-state index >= 15 is 0 Å². The molecule has 0 radical (unpaired) electrons. The van der Waals surface area contributed by atoms with Gasteiger partial charge in [-0.1, -0.05) is 11.2 Å². The van der Waals surface area contributed by atoms with Crippen molar-refractivity contribution in [1.82, 2.24) is 10.5 Å². The second-order valence-electron chi connectivity index (χ2n) is 5.25. The van der Waals surface area contributed by atoms with E-state index in [0.29, 0.717) is 17.9 Å². The number of rotatable bonds is 2. The lowest BCUT2D eigenvalue weighted by Crippen LogP contribution is -2.32.